The van der Waals surface area contributed by atoms with Gasteiger partial charge in [0.25, 0.3) is 11.5 Å². The van der Waals surface area contributed by atoms with E-state index in [-0.39, 0.29) is 5.56 Å². The van der Waals surface area contributed by atoms with Gasteiger partial charge in [-0.15, -0.1) is 11.3 Å². The number of thiazole rings is 1. The van der Waals surface area contributed by atoms with Crippen LogP contribution in [0.1, 0.15) is 32.7 Å². The molecule has 0 aliphatic carbocycles. The molecule has 1 aromatic carbocycles. The maximum Gasteiger partial charge on any atom is 0.263 e. The maximum atomic E-state index is 12.3. The van der Waals surface area contributed by atoms with Crippen LogP contribution in [0.25, 0.3) is 11.3 Å². The van der Waals surface area contributed by atoms with Crippen LogP contribution in [-0.4, -0.2) is 15.9 Å². The van der Waals surface area contributed by atoms with Gasteiger partial charge in [-0.05, 0) is 62.6 Å². The van der Waals surface area contributed by atoms with Gasteiger partial charge in [-0.3, -0.25) is 14.9 Å². The lowest BCUT2D eigenvalue weighted by atomic mass is 9.99. The summed E-state index contributed by atoms with van der Waals surface area (Å²) in [6.45, 7) is 7.96. The van der Waals surface area contributed by atoms with E-state index < -0.39 is 11.5 Å². The van der Waals surface area contributed by atoms with Gasteiger partial charge in [-0.1, -0.05) is 6.07 Å². The van der Waals surface area contributed by atoms with Crippen LogP contribution in [0.5, 0.6) is 0 Å². The summed E-state index contributed by atoms with van der Waals surface area (Å²) >= 11 is 1.34. The van der Waals surface area contributed by atoms with E-state index in [0.717, 1.165) is 16.8 Å². The average molecular weight is 353 g/mol. The number of hydrogen-bond acceptors (Lipinski definition) is 4. The Morgan fingerprint density at radius 3 is 2.52 bits per heavy atom. The van der Waals surface area contributed by atoms with Crippen molar-refractivity contribution in [1.82, 2.24) is 9.97 Å². The standard InChI is InChI=1S/C19H19N3O2S/c1-10-7-12(3)15(8-11(10)2)16-9-25-19(21-16)22-18(24)14-6-5-13(4)20-17(14)23/h5-9H,1-4H3,(H,20,23)(H,21,22,24). The number of carbonyl (C=O) groups excluding carboxylic acids is 1. The largest absolute Gasteiger partial charge is 0.326 e. The van der Waals surface area contributed by atoms with E-state index in [0.29, 0.717) is 10.8 Å². The van der Waals surface area contributed by atoms with Gasteiger partial charge in [0.15, 0.2) is 5.13 Å². The number of hydrogen-bond donors (Lipinski definition) is 2. The number of nitrogens with zero attached hydrogens (tertiary/aromatic N) is 1. The molecule has 1 amide bonds. The van der Waals surface area contributed by atoms with Gasteiger partial charge in [0.2, 0.25) is 0 Å². The summed E-state index contributed by atoms with van der Waals surface area (Å²) in [5, 5.41) is 5.08. The lowest BCUT2D eigenvalue weighted by Crippen LogP contribution is -2.23. The van der Waals surface area contributed by atoms with E-state index in [1.807, 2.05) is 12.3 Å². The second kappa shape index (κ2) is 6.64. The molecule has 0 saturated heterocycles. The summed E-state index contributed by atoms with van der Waals surface area (Å²) in [5.41, 5.74) is 5.83. The van der Waals surface area contributed by atoms with Crippen molar-refractivity contribution in [3.63, 3.8) is 0 Å². The van der Waals surface area contributed by atoms with Crippen molar-refractivity contribution in [1.29, 1.82) is 0 Å². The molecule has 0 spiro atoms. The van der Waals surface area contributed by atoms with Crippen molar-refractivity contribution in [2.45, 2.75) is 27.7 Å². The van der Waals surface area contributed by atoms with Crippen molar-refractivity contribution < 1.29 is 4.79 Å². The van der Waals surface area contributed by atoms with Crippen LogP contribution in [0.2, 0.25) is 0 Å². The van der Waals surface area contributed by atoms with Crippen molar-refractivity contribution in [2.75, 3.05) is 5.32 Å². The first kappa shape index (κ1) is 17.1. The Kier molecular flexibility index (Phi) is 4.55. The summed E-state index contributed by atoms with van der Waals surface area (Å²) < 4.78 is 0. The number of H-pyrrole nitrogens is 1. The molecule has 5 nitrogen and oxygen atoms in total. The fourth-order valence-electron chi connectivity index (χ4n) is 2.61. The summed E-state index contributed by atoms with van der Waals surface area (Å²) in [7, 11) is 0. The quantitative estimate of drug-likeness (QED) is 0.748. The van der Waals surface area contributed by atoms with Crippen LogP contribution in [0.3, 0.4) is 0 Å². The number of amides is 1. The van der Waals surface area contributed by atoms with E-state index in [2.05, 4.69) is 41.3 Å². The SMILES string of the molecule is Cc1ccc(C(=O)Nc2nc(-c3cc(C)c(C)cc3C)cs2)c(=O)[nH]1. The maximum absolute atomic E-state index is 12.3. The van der Waals surface area contributed by atoms with Gasteiger partial charge in [-0.2, -0.15) is 0 Å². The predicted octanol–water partition coefficient (Wildman–Crippen LogP) is 3.98. The van der Waals surface area contributed by atoms with Crippen LogP contribution >= 0.6 is 11.3 Å². The first-order chi connectivity index (χ1) is 11.8. The third kappa shape index (κ3) is 3.53. The zero-order valence-electron chi connectivity index (χ0n) is 14.6. The molecule has 0 bridgehead atoms. The van der Waals surface area contributed by atoms with Gasteiger partial charge >= 0.3 is 0 Å². The molecule has 0 saturated carbocycles. The van der Waals surface area contributed by atoms with Crippen molar-refractivity contribution in [3.8, 4) is 11.3 Å². The van der Waals surface area contributed by atoms with Gasteiger partial charge in [-0.25, -0.2) is 4.98 Å². The monoisotopic (exact) mass is 353 g/mol. The Hall–Kier alpha value is -2.73. The Balaban J connectivity index is 1.86. The number of benzene rings is 1. The first-order valence-electron chi connectivity index (χ1n) is 7.90. The Morgan fingerprint density at radius 2 is 1.80 bits per heavy atom. The fourth-order valence-corrected chi connectivity index (χ4v) is 3.31. The molecule has 2 aromatic heterocycles. The van der Waals surface area contributed by atoms with E-state index in [9.17, 15) is 9.59 Å². The highest BCUT2D eigenvalue weighted by Crippen LogP contribution is 2.29. The number of aromatic amines is 1. The second-order valence-electron chi connectivity index (χ2n) is 6.13. The first-order valence-corrected chi connectivity index (χ1v) is 8.78. The minimum atomic E-state index is -0.459. The molecule has 0 aliphatic rings. The molecule has 0 unspecified atom stereocenters. The molecule has 128 valence electrons. The van der Waals surface area contributed by atoms with E-state index in [4.69, 9.17) is 0 Å². The molecule has 25 heavy (non-hydrogen) atoms. The number of carbonyl (C=O) groups is 1. The molecule has 0 radical (unpaired) electrons. The Morgan fingerprint density at radius 1 is 1.08 bits per heavy atom. The molecule has 0 atom stereocenters. The van der Waals surface area contributed by atoms with Gasteiger partial charge in [0.05, 0.1) is 5.69 Å². The molecule has 0 aliphatic heterocycles. The van der Waals surface area contributed by atoms with Gasteiger partial charge in [0.1, 0.15) is 5.56 Å². The summed E-state index contributed by atoms with van der Waals surface area (Å²) in [5.74, 6) is -0.459. The van der Waals surface area contributed by atoms with Crippen molar-refractivity contribution in [2.24, 2.45) is 0 Å². The van der Waals surface area contributed by atoms with E-state index in [1.54, 1.807) is 13.0 Å². The molecule has 0 fully saturated rings. The van der Waals surface area contributed by atoms with Crippen molar-refractivity contribution in [3.05, 3.63) is 67.9 Å². The summed E-state index contributed by atoms with van der Waals surface area (Å²) in [4.78, 5) is 31.3. The number of anilines is 1. The molecule has 2 N–H and O–H groups in total. The highest BCUT2D eigenvalue weighted by Gasteiger charge is 2.14. The molecule has 2 heterocycles. The highest BCUT2D eigenvalue weighted by atomic mass is 32.1. The second-order valence-corrected chi connectivity index (χ2v) is 6.99. The van der Waals surface area contributed by atoms with E-state index in [1.165, 1.54) is 28.5 Å². The normalized spacial score (nSPS) is 10.7. The zero-order chi connectivity index (χ0) is 18.1. The Bertz CT molecular complexity index is 1020. The fraction of sp³-hybridized carbons (Fsp3) is 0.211. The number of nitrogens with one attached hydrogen (secondary N) is 2. The molecular formula is C19H19N3O2S. The summed E-state index contributed by atoms with van der Waals surface area (Å²) in [6, 6.07) is 7.46. The number of aryl methyl sites for hydroxylation is 4. The van der Waals surface area contributed by atoms with Gasteiger partial charge < -0.3 is 4.98 Å². The molecule has 3 rings (SSSR count). The van der Waals surface area contributed by atoms with Crippen molar-refractivity contribution >= 4 is 22.4 Å². The third-order valence-electron chi connectivity index (χ3n) is 4.14. The number of aromatic nitrogens is 2. The minimum Gasteiger partial charge on any atom is -0.326 e. The van der Waals surface area contributed by atoms with Crippen LogP contribution < -0.4 is 10.9 Å². The third-order valence-corrected chi connectivity index (χ3v) is 4.90. The Labute approximate surface area is 149 Å². The van der Waals surface area contributed by atoms with Crippen LogP contribution in [0.4, 0.5) is 5.13 Å². The van der Waals surface area contributed by atoms with Gasteiger partial charge in [0, 0.05) is 16.6 Å². The predicted molar refractivity (Wildman–Crippen MR) is 102 cm³/mol. The highest BCUT2D eigenvalue weighted by molar-refractivity contribution is 7.14. The minimum absolute atomic E-state index is 0.0738. The number of pyridine rings is 1. The molecule has 6 heteroatoms. The lowest BCUT2D eigenvalue weighted by molar-refractivity contribution is 0.102. The lowest BCUT2D eigenvalue weighted by Gasteiger charge is -2.07. The molecular weight excluding hydrogens is 334 g/mol. The van der Waals surface area contributed by atoms with E-state index >= 15 is 0 Å². The van der Waals surface area contributed by atoms with Crippen LogP contribution in [0, 0.1) is 27.7 Å². The van der Waals surface area contributed by atoms with Crippen LogP contribution in [-0.2, 0) is 0 Å². The number of rotatable bonds is 3. The zero-order valence-corrected chi connectivity index (χ0v) is 15.4. The topological polar surface area (TPSA) is 74.8 Å². The summed E-state index contributed by atoms with van der Waals surface area (Å²) in [6.07, 6.45) is 0. The average Bonchev–Trinajstić information content (AvgIpc) is 2.99. The smallest absolute Gasteiger partial charge is 0.263 e. The van der Waals surface area contributed by atoms with Crippen LogP contribution in [0.15, 0.2) is 34.4 Å². The molecule has 3 aromatic rings.